The van der Waals surface area contributed by atoms with Gasteiger partial charge in [-0.3, -0.25) is 9.59 Å². The molecule has 4 nitrogen and oxygen atoms in total. The van der Waals surface area contributed by atoms with Gasteiger partial charge < -0.3 is 10.2 Å². The molecule has 0 aromatic rings. The van der Waals surface area contributed by atoms with Gasteiger partial charge in [-0.1, -0.05) is 83.2 Å². The van der Waals surface area contributed by atoms with Crippen LogP contribution in [0.25, 0.3) is 0 Å². The monoisotopic (exact) mass is 470 g/mol. The molecule has 0 amide bonds. The van der Waals surface area contributed by atoms with Crippen LogP contribution in [-0.4, -0.2) is 31.8 Å². The molecule has 0 radical (unpaired) electrons. The van der Waals surface area contributed by atoms with Crippen molar-refractivity contribution in [3.63, 3.8) is 0 Å². The molecule has 0 aromatic carbocycles. The maximum absolute atomic E-state index is 10.4. The van der Waals surface area contributed by atoms with Crippen LogP contribution in [0.5, 0.6) is 0 Å². The fourth-order valence-corrected chi connectivity index (χ4v) is 3.83. The molecular weight excluding hydrogens is 440 g/mol. The highest BCUT2D eigenvalue weighted by Gasteiger charge is 2.14. The van der Waals surface area contributed by atoms with Crippen molar-refractivity contribution >= 4 is 43.8 Å². The van der Waals surface area contributed by atoms with Gasteiger partial charge in [-0.15, -0.1) is 0 Å². The SMILES string of the molecule is O=C(O)CCCCCCC[C@@H](Br)[C@H](Br)CCCCCCCC(=O)O. The number of carboxylic acid groups (broad SMARTS) is 2. The lowest BCUT2D eigenvalue weighted by Crippen LogP contribution is -2.13. The lowest BCUT2D eigenvalue weighted by Gasteiger charge is -2.16. The highest BCUT2D eigenvalue weighted by molar-refractivity contribution is 9.12. The van der Waals surface area contributed by atoms with Crippen LogP contribution in [0.2, 0.25) is 0 Å². The van der Waals surface area contributed by atoms with Crippen molar-refractivity contribution in [1.82, 2.24) is 0 Å². The van der Waals surface area contributed by atoms with Gasteiger partial charge in [-0.25, -0.2) is 0 Å². The van der Waals surface area contributed by atoms with Crippen LogP contribution < -0.4 is 0 Å². The van der Waals surface area contributed by atoms with Crippen molar-refractivity contribution in [3.8, 4) is 0 Å². The first kappa shape index (κ1) is 23.9. The predicted molar refractivity (Wildman–Crippen MR) is 105 cm³/mol. The summed E-state index contributed by atoms with van der Waals surface area (Å²) in [5.41, 5.74) is 0. The third-order valence-electron chi connectivity index (χ3n) is 4.13. The van der Waals surface area contributed by atoms with Crippen LogP contribution in [0.3, 0.4) is 0 Å². The molecule has 0 unspecified atom stereocenters. The molecule has 0 fully saturated rings. The van der Waals surface area contributed by atoms with Gasteiger partial charge in [0.15, 0.2) is 0 Å². The van der Waals surface area contributed by atoms with Gasteiger partial charge >= 0.3 is 11.9 Å². The average molecular weight is 472 g/mol. The van der Waals surface area contributed by atoms with Gasteiger partial charge in [-0.05, 0) is 25.7 Å². The zero-order chi connectivity index (χ0) is 18.2. The summed E-state index contributed by atoms with van der Waals surface area (Å²) in [6.45, 7) is 0. The van der Waals surface area contributed by atoms with Gasteiger partial charge in [-0.2, -0.15) is 0 Å². The first-order chi connectivity index (χ1) is 11.4. The van der Waals surface area contributed by atoms with Crippen molar-refractivity contribution in [2.75, 3.05) is 0 Å². The van der Waals surface area contributed by atoms with Crippen LogP contribution in [0.1, 0.15) is 89.9 Å². The lowest BCUT2D eigenvalue weighted by molar-refractivity contribution is -0.138. The summed E-state index contributed by atoms with van der Waals surface area (Å²) in [5, 5.41) is 17.1. The summed E-state index contributed by atoms with van der Waals surface area (Å²) in [7, 11) is 0. The van der Waals surface area contributed by atoms with Gasteiger partial charge in [0.25, 0.3) is 0 Å². The van der Waals surface area contributed by atoms with Crippen LogP contribution in [-0.2, 0) is 9.59 Å². The summed E-state index contributed by atoms with van der Waals surface area (Å²) in [6.07, 6.45) is 13.4. The Bertz CT molecular complexity index is 305. The molecule has 0 spiro atoms. The third-order valence-corrected chi connectivity index (χ3v) is 7.03. The second-order valence-corrected chi connectivity index (χ2v) is 8.78. The van der Waals surface area contributed by atoms with E-state index in [1.54, 1.807) is 0 Å². The minimum atomic E-state index is -0.695. The fourth-order valence-electron chi connectivity index (χ4n) is 2.65. The Morgan fingerprint density at radius 2 is 0.875 bits per heavy atom. The molecule has 142 valence electrons. The van der Waals surface area contributed by atoms with E-state index in [-0.39, 0.29) is 0 Å². The number of halogens is 2. The standard InChI is InChI=1S/C18H32Br2O4/c19-15(11-7-3-1-5-9-13-17(21)22)16(20)12-8-4-2-6-10-14-18(23)24/h15-16H,1-14H2,(H,21,22)(H,23,24)/t15-,16-/m1/s1. The molecule has 0 aliphatic heterocycles. The summed E-state index contributed by atoms with van der Waals surface area (Å²) in [6, 6.07) is 0. The Labute approximate surface area is 163 Å². The van der Waals surface area contributed by atoms with Crippen LogP contribution >= 0.6 is 31.9 Å². The lowest BCUT2D eigenvalue weighted by atomic mass is 10.0. The van der Waals surface area contributed by atoms with E-state index in [0.717, 1.165) is 51.4 Å². The molecule has 0 saturated carbocycles. The van der Waals surface area contributed by atoms with E-state index in [1.807, 2.05) is 0 Å². The van der Waals surface area contributed by atoms with E-state index in [0.29, 0.717) is 22.5 Å². The second-order valence-electron chi connectivity index (χ2n) is 6.43. The molecule has 0 aromatic heterocycles. The quantitative estimate of drug-likeness (QED) is 0.197. The predicted octanol–water partition coefficient (Wildman–Crippen LogP) is 6.14. The zero-order valence-electron chi connectivity index (χ0n) is 14.5. The van der Waals surface area contributed by atoms with E-state index in [9.17, 15) is 9.59 Å². The maximum atomic E-state index is 10.4. The molecule has 0 saturated heterocycles. The Balaban J connectivity index is 3.41. The van der Waals surface area contributed by atoms with Crippen molar-refractivity contribution in [2.45, 2.75) is 99.5 Å². The summed E-state index contributed by atoms with van der Waals surface area (Å²) in [4.78, 5) is 21.8. The minimum absolute atomic E-state index is 0.293. The van der Waals surface area contributed by atoms with Gasteiger partial charge in [0, 0.05) is 22.5 Å². The number of carboxylic acids is 2. The maximum Gasteiger partial charge on any atom is 0.303 e. The summed E-state index contributed by atoms with van der Waals surface area (Å²) < 4.78 is 0. The van der Waals surface area contributed by atoms with Crippen molar-refractivity contribution < 1.29 is 19.8 Å². The van der Waals surface area contributed by atoms with Gasteiger partial charge in [0.2, 0.25) is 0 Å². The van der Waals surface area contributed by atoms with Crippen LogP contribution in [0.15, 0.2) is 0 Å². The number of aliphatic carboxylic acids is 2. The largest absolute Gasteiger partial charge is 0.481 e. The van der Waals surface area contributed by atoms with E-state index >= 15 is 0 Å². The normalized spacial score (nSPS) is 13.6. The minimum Gasteiger partial charge on any atom is -0.481 e. The van der Waals surface area contributed by atoms with E-state index in [4.69, 9.17) is 10.2 Å². The molecule has 2 atom stereocenters. The molecule has 0 bridgehead atoms. The first-order valence-corrected chi connectivity index (χ1v) is 11.0. The zero-order valence-corrected chi connectivity index (χ0v) is 17.7. The van der Waals surface area contributed by atoms with Crippen molar-refractivity contribution in [1.29, 1.82) is 0 Å². The molecule has 0 rings (SSSR count). The van der Waals surface area contributed by atoms with E-state index < -0.39 is 11.9 Å². The smallest absolute Gasteiger partial charge is 0.303 e. The molecule has 0 aliphatic carbocycles. The van der Waals surface area contributed by atoms with E-state index in [1.165, 1.54) is 25.7 Å². The number of hydrogen-bond donors (Lipinski definition) is 2. The second kappa shape index (κ2) is 16.4. The molecular formula is C18H32Br2O4. The Kier molecular flexibility index (Phi) is 16.3. The molecule has 6 heteroatoms. The van der Waals surface area contributed by atoms with Gasteiger partial charge in [0.1, 0.15) is 0 Å². The Morgan fingerprint density at radius 1 is 0.583 bits per heavy atom. The highest BCUT2D eigenvalue weighted by atomic mass is 79.9. The number of carbonyl (C=O) groups is 2. The Morgan fingerprint density at radius 3 is 1.21 bits per heavy atom. The number of unbranched alkanes of at least 4 members (excludes halogenated alkanes) is 8. The number of hydrogen-bond acceptors (Lipinski definition) is 2. The van der Waals surface area contributed by atoms with Crippen molar-refractivity contribution in [2.24, 2.45) is 0 Å². The third kappa shape index (κ3) is 16.7. The fraction of sp³-hybridized carbons (Fsp3) is 0.889. The first-order valence-electron chi connectivity index (χ1n) is 9.15. The molecule has 0 heterocycles. The molecule has 2 N–H and O–H groups in total. The number of rotatable bonds is 17. The Hall–Kier alpha value is -0.100. The van der Waals surface area contributed by atoms with E-state index in [2.05, 4.69) is 31.9 Å². The summed E-state index contributed by atoms with van der Waals surface area (Å²) in [5.74, 6) is -1.39. The van der Waals surface area contributed by atoms with Crippen LogP contribution in [0, 0.1) is 0 Å². The topological polar surface area (TPSA) is 74.6 Å². The van der Waals surface area contributed by atoms with Gasteiger partial charge in [0.05, 0.1) is 0 Å². The number of alkyl halides is 2. The highest BCUT2D eigenvalue weighted by Crippen LogP contribution is 2.25. The summed E-state index contributed by atoms with van der Waals surface area (Å²) >= 11 is 7.53. The van der Waals surface area contributed by atoms with Crippen LogP contribution in [0.4, 0.5) is 0 Å². The average Bonchev–Trinajstić information content (AvgIpc) is 2.51. The molecule has 24 heavy (non-hydrogen) atoms. The van der Waals surface area contributed by atoms with Crippen molar-refractivity contribution in [3.05, 3.63) is 0 Å². The molecule has 0 aliphatic rings.